The van der Waals surface area contributed by atoms with Crippen molar-refractivity contribution in [2.24, 2.45) is 39.6 Å². The van der Waals surface area contributed by atoms with Gasteiger partial charge in [-0.25, -0.2) is 22.0 Å². The number of aliphatic imine (C=N–C) groups is 1. The molecule has 3 amide bonds. The number of nitrogens with one attached hydrogen (secondary N) is 2. The quantitative estimate of drug-likeness (QED) is 0.0261. The highest BCUT2D eigenvalue weighted by Crippen LogP contribution is 2.27. The highest BCUT2D eigenvalue weighted by Gasteiger charge is 2.34. The van der Waals surface area contributed by atoms with Gasteiger partial charge in [-0.15, -0.1) is 0 Å². The Kier molecular flexibility index (Phi) is 15.9. The summed E-state index contributed by atoms with van der Waals surface area (Å²) in [6.45, 7) is 0.303. The van der Waals surface area contributed by atoms with Gasteiger partial charge in [-0.05, 0) is 57.1 Å². The van der Waals surface area contributed by atoms with Crippen LogP contribution in [-0.2, 0) is 32.0 Å². The summed E-state index contributed by atoms with van der Waals surface area (Å²) in [4.78, 5) is 56.0. The second kappa shape index (κ2) is 19.2. The van der Waals surface area contributed by atoms with Crippen molar-refractivity contribution >= 4 is 29.5 Å². The zero-order valence-electron chi connectivity index (χ0n) is 26.1. The molecule has 0 saturated carbocycles. The van der Waals surface area contributed by atoms with E-state index in [1.165, 1.54) is 0 Å². The van der Waals surface area contributed by atoms with Crippen molar-refractivity contribution < 1.29 is 41.1 Å². The number of hydrogen-bond donors (Lipinski definition) is 7. The fraction of sp³-hybridized carbons (Fsp3) is 0.452. The summed E-state index contributed by atoms with van der Waals surface area (Å²) in [6, 6.07) is 4.98. The van der Waals surface area contributed by atoms with Crippen LogP contribution < -0.4 is 39.3 Å². The van der Waals surface area contributed by atoms with Crippen molar-refractivity contribution in [3.05, 3.63) is 70.5 Å². The molecular formula is C31H41F5N8O4. The van der Waals surface area contributed by atoms with Gasteiger partial charge in [0.25, 0.3) is 0 Å². The monoisotopic (exact) mass is 684 g/mol. The normalized spacial score (nSPS) is 13.6. The molecule has 4 atom stereocenters. The number of ketones is 1. The van der Waals surface area contributed by atoms with Crippen molar-refractivity contribution in [2.45, 2.75) is 69.5 Å². The fourth-order valence-corrected chi connectivity index (χ4v) is 4.84. The summed E-state index contributed by atoms with van der Waals surface area (Å²) in [7, 11) is 0. The molecule has 12 nitrogen and oxygen atoms in total. The lowest BCUT2D eigenvalue weighted by molar-refractivity contribution is -0.133. The first-order valence-electron chi connectivity index (χ1n) is 15.2. The van der Waals surface area contributed by atoms with Crippen LogP contribution in [0.3, 0.4) is 0 Å². The lowest BCUT2D eigenvalue weighted by atomic mass is 9.89. The molecular weight excluding hydrogens is 643 g/mol. The Hall–Kier alpha value is -4.64. The van der Waals surface area contributed by atoms with Crippen LogP contribution in [0.2, 0.25) is 0 Å². The van der Waals surface area contributed by atoms with Gasteiger partial charge >= 0.3 is 0 Å². The van der Waals surface area contributed by atoms with Crippen LogP contribution in [-0.4, -0.2) is 60.7 Å². The third-order valence-electron chi connectivity index (χ3n) is 7.46. The standard InChI is InChI=1S/C31H41F5N8O4/c32-23-18(24(33)26(35)27(36)25(23)34)14-17(29(47)44-21(28(39)46)9-4-5-11-37)15-22(45)20(10-6-12-42-31(40)41)43-30(48)19(38)13-16-7-2-1-3-8-16/h1-3,7-8,17,19-21H,4-6,9-15,37-38H2,(H2,39,46)(H,43,48)(H,44,47)(H4,40,41,42)/t17-,19+,20-,21+/m1/s1. The average Bonchev–Trinajstić information content (AvgIpc) is 3.05. The average molecular weight is 685 g/mol. The zero-order valence-corrected chi connectivity index (χ0v) is 26.1. The maximum absolute atomic E-state index is 14.7. The summed E-state index contributed by atoms with van der Waals surface area (Å²) in [5.41, 5.74) is 27.0. The molecule has 0 aliphatic heterocycles. The summed E-state index contributed by atoms with van der Waals surface area (Å²) >= 11 is 0. The third kappa shape index (κ3) is 11.9. The van der Waals surface area contributed by atoms with E-state index in [2.05, 4.69) is 15.6 Å². The maximum atomic E-state index is 14.7. The smallest absolute Gasteiger partial charge is 0.239 e. The number of primary amides is 1. The van der Waals surface area contributed by atoms with Crippen molar-refractivity contribution in [1.82, 2.24) is 10.6 Å². The number of unbranched alkanes of at least 4 members (excludes halogenated alkanes) is 1. The van der Waals surface area contributed by atoms with Gasteiger partial charge in [0, 0.05) is 24.4 Å². The molecule has 0 radical (unpaired) electrons. The second-order valence-corrected chi connectivity index (χ2v) is 11.2. The molecule has 0 aromatic heterocycles. The van der Waals surface area contributed by atoms with E-state index in [-0.39, 0.29) is 44.7 Å². The lowest BCUT2D eigenvalue weighted by Gasteiger charge is -2.24. The van der Waals surface area contributed by atoms with E-state index in [1.54, 1.807) is 30.3 Å². The Labute approximate surface area is 274 Å². The molecule has 0 aliphatic carbocycles. The number of guanidine groups is 1. The molecule has 0 unspecified atom stereocenters. The van der Waals surface area contributed by atoms with Crippen molar-refractivity contribution in [3.63, 3.8) is 0 Å². The molecule has 2 aromatic rings. The highest BCUT2D eigenvalue weighted by molar-refractivity contribution is 5.94. The summed E-state index contributed by atoms with van der Waals surface area (Å²) < 4.78 is 71.2. The number of Topliss-reactive ketones (excluding diaryl/α,β-unsaturated/α-hetero) is 1. The predicted molar refractivity (Wildman–Crippen MR) is 167 cm³/mol. The largest absolute Gasteiger partial charge is 0.370 e. The Morgan fingerprint density at radius 2 is 1.29 bits per heavy atom. The van der Waals surface area contributed by atoms with Gasteiger partial charge in [-0.1, -0.05) is 30.3 Å². The Morgan fingerprint density at radius 1 is 0.729 bits per heavy atom. The maximum Gasteiger partial charge on any atom is 0.239 e. The van der Waals surface area contributed by atoms with Crippen LogP contribution in [0.4, 0.5) is 22.0 Å². The summed E-state index contributed by atoms with van der Waals surface area (Å²) in [5, 5.41) is 4.82. The van der Waals surface area contributed by atoms with Crippen LogP contribution >= 0.6 is 0 Å². The highest BCUT2D eigenvalue weighted by atomic mass is 19.2. The molecule has 264 valence electrons. The first-order valence-corrected chi connectivity index (χ1v) is 15.2. The van der Waals surface area contributed by atoms with E-state index in [9.17, 15) is 41.1 Å². The third-order valence-corrected chi connectivity index (χ3v) is 7.46. The lowest BCUT2D eigenvalue weighted by Crippen LogP contribution is -2.51. The van der Waals surface area contributed by atoms with Crippen LogP contribution in [0, 0.1) is 35.0 Å². The van der Waals surface area contributed by atoms with Gasteiger partial charge in [0.15, 0.2) is 35.0 Å². The van der Waals surface area contributed by atoms with Crippen molar-refractivity contribution in [2.75, 3.05) is 13.1 Å². The Morgan fingerprint density at radius 3 is 1.85 bits per heavy atom. The number of carbonyl (C=O) groups is 4. The summed E-state index contributed by atoms with van der Waals surface area (Å²) in [6.07, 6.45) is -1.02. The Balaban J connectivity index is 2.42. The van der Waals surface area contributed by atoms with Gasteiger partial charge in [0.1, 0.15) is 6.04 Å². The van der Waals surface area contributed by atoms with Crippen molar-refractivity contribution in [3.8, 4) is 0 Å². The van der Waals surface area contributed by atoms with Gasteiger partial charge < -0.3 is 39.3 Å². The minimum absolute atomic E-state index is 0.0181. The molecule has 0 heterocycles. The van der Waals surface area contributed by atoms with Gasteiger partial charge in [-0.3, -0.25) is 24.2 Å². The minimum Gasteiger partial charge on any atom is -0.370 e. The fourth-order valence-electron chi connectivity index (χ4n) is 4.84. The molecule has 0 saturated heterocycles. The van der Waals surface area contributed by atoms with E-state index in [1.807, 2.05) is 0 Å². The molecule has 48 heavy (non-hydrogen) atoms. The van der Waals surface area contributed by atoms with Crippen LogP contribution in [0.15, 0.2) is 35.3 Å². The molecule has 2 rings (SSSR count). The van der Waals surface area contributed by atoms with E-state index < -0.39 is 95.0 Å². The van der Waals surface area contributed by atoms with Crippen LogP contribution in [0.5, 0.6) is 0 Å². The number of nitrogens with zero attached hydrogens (tertiary/aromatic N) is 1. The first kappa shape index (κ1) is 39.5. The first-order chi connectivity index (χ1) is 22.7. The molecule has 0 bridgehead atoms. The zero-order chi connectivity index (χ0) is 36.0. The van der Waals surface area contributed by atoms with E-state index in [0.29, 0.717) is 12.8 Å². The molecule has 0 spiro atoms. The van der Waals surface area contributed by atoms with E-state index >= 15 is 0 Å². The number of amides is 3. The second-order valence-electron chi connectivity index (χ2n) is 11.2. The van der Waals surface area contributed by atoms with Crippen molar-refractivity contribution in [1.29, 1.82) is 0 Å². The van der Waals surface area contributed by atoms with Gasteiger partial charge in [0.2, 0.25) is 23.5 Å². The van der Waals surface area contributed by atoms with Crippen LogP contribution in [0.1, 0.15) is 49.7 Å². The predicted octanol–water partition coefficient (Wildman–Crippen LogP) is 0.708. The number of carbonyl (C=O) groups excluding carboxylic acids is 4. The minimum atomic E-state index is -2.41. The number of nitrogens with two attached hydrogens (primary N) is 5. The molecule has 12 N–H and O–H groups in total. The molecule has 0 aliphatic rings. The van der Waals surface area contributed by atoms with Gasteiger partial charge in [0.05, 0.1) is 12.1 Å². The Bertz CT molecular complexity index is 1430. The molecule has 2 aromatic carbocycles. The summed E-state index contributed by atoms with van der Waals surface area (Å²) in [5.74, 6) is -17.0. The molecule has 17 heteroatoms. The number of halogens is 5. The number of benzene rings is 2. The number of rotatable bonds is 20. The van der Waals surface area contributed by atoms with E-state index in [4.69, 9.17) is 28.7 Å². The van der Waals surface area contributed by atoms with Crippen LogP contribution in [0.25, 0.3) is 0 Å². The number of hydrogen-bond acceptors (Lipinski definition) is 7. The van der Waals surface area contributed by atoms with Gasteiger partial charge in [-0.2, -0.15) is 0 Å². The van der Waals surface area contributed by atoms with E-state index in [0.717, 1.165) is 5.56 Å². The molecule has 0 fully saturated rings. The SMILES string of the molecule is NCCCC[C@H](NC(=O)[C@@H](CC(=O)[C@@H](CCCN=C(N)N)NC(=O)[C@@H](N)Cc1ccccc1)Cc1c(F)c(F)c(F)c(F)c1F)C(N)=O. The topological polar surface area (TPSA) is 235 Å².